The third kappa shape index (κ3) is 3.48. The number of hydrogen-bond donors (Lipinski definition) is 2. The highest BCUT2D eigenvalue weighted by atomic mass is 35.5. The maximum Gasteiger partial charge on any atom is 0.417 e. The lowest BCUT2D eigenvalue weighted by molar-refractivity contribution is -0.137. The van der Waals surface area contributed by atoms with Crippen molar-refractivity contribution in [3.8, 4) is 0 Å². The van der Waals surface area contributed by atoms with Crippen LogP contribution in [0.5, 0.6) is 0 Å². The van der Waals surface area contributed by atoms with E-state index in [4.69, 9.17) is 17.3 Å². The highest BCUT2D eigenvalue weighted by Crippen LogP contribution is 2.32. The number of primary amides is 1. The van der Waals surface area contributed by atoms with Gasteiger partial charge in [0, 0.05) is 6.20 Å². The molecule has 0 bridgehead atoms. The number of rotatable bonds is 3. The van der Waals surface area contributed by atoms with E-state index >= 15 is 0 Å². The van der Waals surface area contributed by atoms with Crippen LogP contribution in [0.4, 0.5) is 19.0 Å². The number of carbonyl (C=O) groups excluding carboxylic acids is 1. The minimum absolute atomic E-state index is 0.0223. The molecule has 1 amide bonds. The van der Waals surface area contributed by atoms with Crippen LogP contribution in [0.15, 0.2) is 12.3 Å². The molecule has 1 aromatic rings. The van der Waals surface area contributed by atoms with E-state index in [1.807, 2.05) is 0 Å². The first kappa shape index (κ1) is 13.6. The van der Waals surface area contributed by atoms with E-state index in [1.165, 1.54) is 6.92 Å². The standard InChI is InChI=1S/C9H9ClF3N3O/c1-4(7(14)17)16-8-6(10)2-5(3-15-8)9(11,12)13/h2-4H,1H3,(H2,14,17)(H,15,16)/t4-/m1/s1. The van der Waals surface area contributed by atoms with Gasteiger partial charge in [-0.3, -0.25) is 4.79 Å². The predicted octanol–water partition coefficient (Wildman–Crippen LogP) is 2.04. The molecule has 0 saturated carbocycles. The quantitative estimate of drug-likeness (QED) is 0.881. The highest BCUT2D eigenvalue weighted by Gasteiger charge is 2.31. The molecule has 8 heteroatoms. The van der Waals surface area contributed by atoms with Gasteiger partial charge in [0.2, 0.25) is 5.91 Å². The van der Waals surface area contributed by atoms with Gasteiger partial charge >= 0.3 is 6.18 Å². The average molecular weight is 268 g/mol. The summed E-state index contributed by atoms with van der Waals surface area (Å²) in [5.74, 6) is -0.686. The van der Waals surface area contributed by atoms with Crippen molar-refractivity contribution in [2.75, 3.05) is 5.32 Å². The summed E-state index contributed by atoms with van der Waals surface area (Å²) in [4.78, 5) is 14.2. The Morgan fingerprint density at radius 1 is 1.59 bits per heavy atom. The van der Waals surface area contributed by atoms with Crippen LogP contribution in [0.3, 0.4) is 0 Å². The van der Waals surface area contributed by atoms with E-state index in [-0.39, 0.29) is 10.8 Å². The Balaban J connectivity index is 2.95. The minimum Gasteiger partial charge on any atom is -0.368 e. The van der Waals surface area contributed by atoms with Crippen molar-refractivity contribution in [1.29, 1.82) is 0 Å². The lowest BCUT2D eigenvalue weighted by Gasteiger charge is -2.13. The summed E-state index contributed by atoms with van der Waals surface area (Å²) in [5, 5.41) is 2.27. The fourth-order valence-electron chi connectivity index (χ4n) is 0.975. The summed E-state index contributed by atoms with van der Waals surface area (Å²) < 4.78 is 36.9. The Hall–Kier alpha value is -1.50. The van der Waals surface area contributed by atoms with Crippen molar-refractivity contribution >= 4 is 23.3 Å². The molecule has 17 heavy (non-hydrogen) atoms. The van der Waals surface area contributed by atoms with Gasteiger partial charge in [-0.25, -0.2) is 4.98 Å². The maximum atomic E-state index is 12.3. The third-order valence-electron chi connectivity index (χ3n) is 1.95. The van der Waals surface area contributed by atoms with Gasteiger partial charge < -0.3 is 11.1 Å². The van der Waals surface area contributed by atoms with Gasteiger partial charge in [0.05, 0.1) is 10.6 Å². The van der Waals surface area contributed by atoms with Crippen molar-refractivity contribution in [3.63, 3.8) is 0 Å². The number of anilines is 1. The second-order valence-electron chi connectivity index (χ2n) is 3.32. The van der Waals surface area contributed by atoms with Crippen LogP contribution in [0, 0.1) is 0 Å². The van der Waals surface area contributed by atoms with Gasteiger partial charge in [-0.2, -0.15) is 13.2 Å². The Morgan fingerprint density at radius 3 is 2.59 bits per heavy atom. The molecule has 0 fully saturated rings. The summed E-state index contributed by atoms with van der Waals surface area (Å²) in [6, 6.07) is -0.0540. The minimum atomic E-state index is -4.51. The smallest absolute Gasteiger partial charge is 0.368 e. The monoisotopic (exact) mass is 267 g/mol. The predicted molar refractivity (Wildman–Crippen MR) is 56.5 cm³/mol. The Kier molecular flexibility index (Phi) is 3.82. The number of carbonyl (C=O) groups is 1. The molecular formula is C9H9ClF3N3O. The molecule has 0 radical (unpaired) electrons. The van der Waals surface area contributed by atoms with Crippen molar-refractivity contribution in [3.05, 3.63) is 22.8 Å². The van der Waals surface area contributed by atoms with Gasteiger partial charge in [0.1, 0.15) is 11.9 Å². The summed E-state index contributed by atoms with van der Waals surface area (Å²) in [5.41, 5.74) is 4.02. The van der Waals surface area contributed by atoms with E-state index in [0.717, 1.165) is 6.07 Å². The molecule has 0 unspecified atom stereocenters. The molecule has 0 saturated heterocycles. The van der Waals surface area contributed by atoms with Gasteiger partial charge in [-0.1, -0.05) is 11.6 Å². The molecule has 94 valence electrons. The second kappa shape index (κ2) is 4.79. The molecule has 0 aliphatic carbocycles. The SMILES string of the molecule is C[C@@H](Nc1ncc(C(F)(F)F)cc1Cl)C(N)=O. The van der Waals surface area contributed by atoms with Gasteiger partial charge in [-0.05, 0) is 13.0 Å². The molecule has 0 aliphatic rings. The van der Waals surface area contributed by atoms with Gasteiger partial charge in [-0.15, -0.1) is 0 Å². The second-order valence-corrected chi connectivity index (χ2v) is 3.73. The van der Waals surface area contributed by atoms with Crippen molar-refractivity contribution in [1.82, 2.24) is 4.98 Å². The zero-order valence-corrected chi connectivity index (χ0v) is 9.43. The molecule has 1 heterocycles. The third-order valence-corrected chi connectivity index (χ3v) is 2.24. The lowest BCUT2D eigenvalue weighted by Crippen LogP contribution is -2.32. The zero-order valence-electron chi connectivity index (χ0n) is 8.68. The number of pyridine rings is 1. The molecule has 0 aliphatic heterocycles. The molecule has 1 rings (SSSR count). The lowest BCUT2D eigenvalue weighted by atomic mass is 10.2. The summed E-state index contributed by atoms with van der Waals surface area (Å²) in [6.07, 6.45) is -3.88. The summed E-state index contributed by atoms with van der Waals surface area (Å²) >= 11 is 5.61. The first-order valence-electron chi connectivity index (χ1n) is 4.50. The van der Waals surface area contributed by atoms with Crippen molar-refractivity contribution in [2.45, 2.75) is 19.1 Å². The fourth-order valence-corrected chi connectivity index (χ4v) is 1.20. The highest BCUT2D eigenvalue weighted by molar-refractivity contribution is 6.33. The van der Waals surface area contributed by atoms with Gasteiger partial charge in [0.15, 0.2) is 0 Å². The number of nitrogens with two attached hydrogens (primary N) is 1. The maximum absolute atomic E-state index is 12.3. The number of aromatic nitrogens is 1. The molecule has 0 spiro atoms. The first-order chi connectivity index (χ1) is 7.71. The molecule has 3 N–H and O–H groups in total. The van der Waals surface area contributed by atoms with E-state index in [2.05, 4.69) is 10.3 Å². The molecule has 1 aromatic heterocycles. The van der Waals surface area contributed by atoms with E-state index in [9.17, 15) is 18.0 Å². The van der Waals surface area contributed by atoms with Crippen molar-refractivity contribution < 1.29 is 18.0 Å². The van der Waals surface area contributed by atoms with Crippen LogP contribution in [-0.4, -0.2) is 16.9 Å². The Labute approximate surface area is 100.0 Å². The largest absolute Gasteiger partial charge is 0.417 e. The Morgan fingerprint density at radius 2 is 2.18 bits per heavy atom. The number of alkyl halides is 3. The van der Waals surface area contributed by atoms with E-state index in [1.54, 1.807) is 0 Å². The molecule has 4 nitrogen and oxygen atoms in total. The summed E-state index contributed by atoms with van der Waals surface area (Å²) in [7, 11) is 0. The van der Waals surface area contributed by atoms with Crippen LogP contribution in [0.1, 0.15) is 12.5 Å². The van der Waals surface area contributed by atoms with E-state index < -0.39 is 23.7 Å². The van der Waals surface area contributed by atoms with Crippen LogP contribution >= 0.6 is 11.6 Å². The van der Waals surface area contributed by atoms with Crippen LogP contribution < -0.4 is 11.1 Å². The Bertz CT molecular complexity index is 436. The molecular weight excluding hydrogens is 259 g/mol. The van der Waals surface area contributed by atoms with E-state index in [0.29, 0.717) is 6.20 Å². The molecule has 1 atom stereocenters. The number of halogens is 4. The van der Waals surface area contributed by atoms with Crippen LogP contribution in [0.25, 0.3) is 0 Å². The zero-order chi connectivity index (χ0) is 13.2. The first-order valence-corrected chi connectivity index (χ1v) is 4.88. The van der Waals surface area contributed by atoms with Crippen molar-refractivity contribution in [2.24, 2.45) is 5.73 Å². The van der Waals surface area contributed by atoms with Crippen LogP contribution in [-0.2, 0) is 11.0 Å². The van der Waals surface area contributed by atoms with Crippen LogP contribution in [0.2, 0.25) is 5.02 Å². The number of nitrogens with one attached hydrogen (secondary N) is 1. The number of amides is 1. The van der Waals surface area contributed by atoms with Gasteiger partial charge in [0.25, 0.3) is 0 Å². The summed E-state index contributed by atoms with van der Waals surface area (Å²) in [6.45, 7) is 1.44. The topological polar surface area (TPSA) is 68.0 Å². The normalized spacial score (nSPS) is 13.2. The number of nitrogens with zero attached hydrogens (tertiary/aromatic N) is 1. The average Bonchev–Trinajstić information content (AvgIpc) is 2.19. The molecule has 0 aromatic carbocycles. The number of hydrogen-bond acceptors (Lipinski definition) is 3. The fraction of sp³-hybridized carbons (Fsp3) is 0.333.